The summed E-state index contributed by atoms with van der Waals surface area (Å²) in [5.41, 5.74) is 2.04. The molecule has 2 aromatic carbocycles. The van der Waals surface area contributed by atoms with E-state index < -0.39 is 11.6 Å². The Labute approximate surface area is 184 Å². The van der Waals surface area contributed by atoms with Gasteiger partial charge in [-0.2, -0.15) is 0 Å². The Kier molecular flexibility index (Phi) is 5.56. The molecule has 31 heavy (non-hydrogen) atoms. The molecule has 158 valence electrons. The van der Waals surface area contributed by atoms with Gasteiger partial charge in [-0.1, -0.05) is 48.0 Å². The van der Waals surface area contributed by atoms with Crippen molar-refractivity contribution in [1.29, 1.82) is 0 Å². The van der Waals surface area contributed by atoms with Crippen LogP contribution in [0, 0.1) is 6.92 Å². The summed E-state index contributed by atoms with van der Waals surface area (Å²) in [4.78, 5) is 43.4. The maximum Gasteiger partial charge on any atom is 0.325 e. The first-order chi connectivity index (χ1) is 14.8. The molecule has 1 unspecified atom stereocenters. The van der Waals surface area contributed by atoms with Gasteiger partial charge in [-0.3, -0.25) is 14.5 Å². The van der Waals surface area contributed by atoms with Crippen LogP contribution in [0.3, 0.4) is 0 Å². The lowest BCUT2D eigenvalue weighted by Crippen LogP contribution is -2.40. The first-order valence-electron chi connectivity index (χ1n) is 9.84. The molecule has 8 heteroatoms. The lowest BCUT2D eigenvalue weighted by Gasteiger charge is -2.21. The number of aryl methyl sites for hydroxylation is 1. The Hall–Kier alpha value is -3.52. The van der Waals surface area contributed by atoms with E-state index in [-0.39, 0.29) is 24.8 Å². The average Bonchev–Trinajstić information content (AvgIpc) is 3.28. The van der Waals surface area contributed by atoms with Crippen LogP contribution < -0.4 is 10.6 Å². The minimum absolute atomic E-state index is 0.0587. The molecule has 0 radical (unpaired) electrons. The summed E-state index contributed by atoms with van der Waals surface area (Å²) in [5.74, 6) is -0.494. The molecule has 3 aromatic rings. The third-order valence-corrected chi connectivity index (χ3v) is 6.09. The van der Waals surface area contributed by atoms with Crippen molar-refractivity contribution in [2.75, 3.05) is 5.32 Å². The highest BCUT2D eigenvalue weighted by Crippen LogP contribution is 2.29. The molecule has 2 heterocycles. The zero-order chi connectivity index (χ0) is 22.0. The maximum absolute atomic E-state index is 13.0. The number of anilines is 1. The molecule has 0 bridgehead atoms. The minimum Gasteiger partial charge on any atom is -0.326 e. The average molecular weight is 435 g/mol. The topological polar surface area (TPSA) is 91.4 Å². The summed E-state index contributed by atoms with van der Waals surface area (Å²) < 4.78 is 0. The van der Waals surface area contributed by atoms with Crippen LogP contribution in [0.2, 0.25) is 0 Å². The molecule has 7 nitrogen and oxygen atoms in total. The summed E-state index contributed by atoms with van der Waals surface area (Å²) in [6.07, 6.45) is 0.125. The summed E-state index contributed by atoms with van der Waals surface area (Å²) in [5, 5.41) is 8.02. The molecule has 2 N–H and O–H groups in total. The van der Waals surface area contributed by atoms with Gasteiger partial charge in [-0.15, -0.1) is 11.3 Å². The lowest BCUT2D eigenvalue weighted by molar-refractivity contribution is -0.131. The van der Waals surface area contributed by atoms with Crippen molar-refractivity contribution in [1.82, 2.24) is 15.2 Å². The number of urea groups is 1. The Morgan fingerprint density at radius 1 is 1.13 bits per heavy atom. The van der Waals surface area contributed by atoms with Crippen molar-refractivity contribution in [3.05, 3.63) is 81.8 Å². The molecule has 4 rings (SSSR count). The standard InChI is InChI=1S/C23H22N4O3S/c1-15-8-10-17(11-9-15)24-19(28)12-20-25-18(14-31-20)13-27-21(29)23(2,26-22(27)30)16-6-4-3-5-7-16/h3-11,14H,12-13H2,1-2H3,(H,24,28)(H,26,30). The predicted octanol–water partition coefficient (Wildman–Crippen LogP) is 3.60. The van der Waals surface area contributed by atoms with E-state index >= 15 is 0 Å². The highest BCUT2D eigenvalue weighted by molar-refractivity contribution is 7.09. The number of thiazole rings is 1. The third kappa shape index (κ3) is 4.34. The number of hydrogen-bond acceptors (Lipinski definition) is 5. The van der Waals surface area contributed by atoms with E-state index in [0.29, 0.717) is 10.7 Å². The van der Waals surface area contributed by atoms with Gasteiger partial charge < -0.3 is 10.6 Å². The molecule has 0 saturated carbocycles. The summed E-state index contributed by atoms with van der Waals surface area (Å²) in [7, 11) is 0. The molecule has 0 spiro atoms. The minimum atomic E-state index is -1.11. The number of amides is 4. The quantitative estimate of drug-likeness (QED) is 0.580. The van der Waals surface area contributed by atoms with Crippen LogP contribution in [0.25, 0.3) is 0 Å². The number of hydrogen-bond donors (Lipinski definition) is 2. The van der Waals surface area contributed by atoms with Gasteiger partial charge >= 0.3 is 6.03 Å². The van der Waals surface area contributed by atoms with Gasteiger partial charge in [0.05, 0.1) is 18.7 Å². The molecule has 1 atom stereocenters. The van der Waals surface area contributed by atoms with Gasteiger partial charge in [0.1, 0.15) is 10.5 Å². The van der Waals surface area contributed by atoms with E-state index in [4.69, 9.17) is 0 Å². The Balaban J connectivity index is 1.40. The number of nitrogens with one attached hydrogen (secondary N) is 2. The zero-order valence-corrected chi connectivity index (χ0v) is 18.0. The van der Waals surface area contributed by atoms with Crippen LogP contribution in [0.15, 0.2) is 60.0 Å². The molecule has 1 aliphatic rings. The number of rotatable bonds is 6. The number of imide groups is 1. The maximum atomic E-state index is 13.0. The van der Waals surface area contributed by atoms with E-state index in [2.05, 4.69) is 15.6 Å². The smallest absolute Gasteiger partial charge is 0.325 e. The van der Waals surface area contributed by atoms with Crippen LogP contribution in [0.5, 0.6) is 0 Å². The molecule has 1 aliphatic heterocycles. The molecule has 4 amide bonds. The van der Waals surface area contributed by atoms with Crippen molar-refractivity contribution in [2.24, 2.45) is 0 Å². The lowest BCUT2D eigenvalue weighted by atomic mass is 9.92. The van der Waals surface area contributed by atoms with Gasteiger partial charge in [0, 0.05) is 11.1 Å². The van der Waals surface area contributed by atoms with E-state index in [9.17, 15) is 14.4 Å². The van der Waals surface area contributed by atoms with Crippen molar-refractivity contribution in [3.63, 3.8) is 0 Å². The van der Waals surface area contributed by atoms with Gasteiger partial charge in [-0.25, -0.2) is 9.78 Å². The van der Waals surface area contributed by atoms with Crippen LogP contribution in [-0.2, 0) is 28.1 Å². The number of benzene rings is 2. The number of aromatic nitrogens is 1. The fraction of sp³-hybridized carbons (Fsp3) is 0.217. The van der Waals surface area contributed by atoms with Crippen molar-refractivity contribution in [3.8, 4) is 0 Å². The second-order valence-electron chi connectivity index (χ2n) is 7.64. The second-order valence-corrected chi connectivity index (χ2v) is 8.58. The molecule has 1 saturated heterocycles. The van der Waals surface area contributed by atoms with Crippen molar-refractivity contribution < 1.29 is 14.4 Å². The molecule has 1 aromatic heterocycles. The van der Waals surface area contributed by atoms with E-state index in [1.54, 1.807) is 12.3 Å². The molecular weight excluding hydrogens is 412 g/mol. The van der Waals surface area contributed by atoms with Crippen molar-refractivity contribution in [2.45, 2.75) is 32.4 Å². The van der Waals surface area contributed by atoms with Gasteiger partial charge in [-0.05, 0) is 31.5 Å². The fourth-order valence-electron chi connectivity index (χ4n) is 3.45. The largest absolute Gasteiger partial charge is 0.326 e. The normalized spacial score (nSPS) is 18.2. The van der Waals surface area contributed by atoms with Crippen LogP contribution in [0.1, 0.15) is 28.8 Å². The summed E-state index contributed by atoms with van der Waals surface area (Å²) >= 11 is 1.33. The monoisotopic (exact) mass is 434 g/mol. The second kappa shape index (κ2) is 8.31. The van der Waals surface area contributed by atoms with Gasteiger partial charge in [0.25, 0.3) is 5.91 Å². The van der Waals surface area contributed by atoms with Gasteiger partial charge in [0.15, 0.2) is 0 Å². The summed E-state index contributed by atoms with van der Waals surface area (Å²) in [6, 6.07) is 16.2. The Morgan fingerprint density at radius 3 is 2.55 bits per heavy atom. The number of nitrogens with zero attached hydrogens (tertiary/aromatic N) is 2. The fourth-order valence-corrected chi connectivity index (χ4v) is 4.24. The first kappa shape index (κ1) is 20.7. The summed E-state index contributed by atoms with van der Waals surface area (Å²) in [6.45, 7) is 3.74. The SMILES string of the molecule is Cc1ccc(NC(=O)Cc2nc(CN3C(=O)NC(C)(c4ccccc4)C3=O)cs2)cc1. The van der Waals surface area contributed by atoms with Gasteiger partial charge in [0.2, 0.25) is 5.91 Å². The van der Waals surface area contributed by atoms with E-state index in [1.165, 1.54) is 11.3 Å². The Bertz CT molecular complexity index is 1130. The third-order valence-electron chi connectivity index (χ3n) is 5.19. The highest BCUT2D eigenvalue weighted by Gasteiger charge is 2.48. The number of carbonyl (C=O) groups excluding carboxylic acids is 3. The Morgan fingerprint density at radius 2 is 1.84 bits per heavy atom. The zero-order valence-electron chi connectivity index (χ0n) is 17.2. The molecule has 1 fully saturated rings. The van der Waals surface area contributed by atoms with Crippen molar-refractivity contribution >= 4 is 34.9 Å². The van der Waals surface area contributed by atoms with E-state index in [1.807, 2.05) is 61.5 Å². The van der Waals surface area contributed by atoms with Crippen LogP contribution in [0.4, 0.5) is 10.5 Å². The first-order valence-corrected chi connectivity index (χ1v) is 10.7. The van der Waals surface area contributed by atoms with E-state index in [0.717, 1.165) is 21.7 Å². The molecular formula is C23H22N4O3S. The molecule has 0 aliphatic carbocycles. The predicted molar refractivity (Wildman–Crippen MR) is 119 cm³/mol. The van der Waals surface area contributed by atoms with Crippen LogP contribution >= 0.6 is 11.3 Å². The number of carbonyl (C=O) groups is 3. The van der Waals surface area contributed by atoms with Crippen LogP contribution in [-0.4, -0.2) is 27.7 Å². The highest BCUT2D eigenvalue weighted by atomic mass is 32.1.